The number of carbonyl (C=O) groups is 1. The van der Waals surface area contributed by atoms with Crippen LogP contribution in [0.15, 0.2) is 22.7 Å². The number of ketones is 1. The predicted octanol–water partition coefficient (Wildman–Crippen LogP) is 2.16. The first-order valence-corrected chi connectivity index (χ1v) is 7.80. The zero-order valence-electron chi connectivity index (χ0n) is 11.8. The molecule has 0 atom stereocenters. The number of nitrogens with zero attached hydrogens (tertiary/aromatic N) is 2. The van der Waals surface area contributed by atoms with E-state index in [1.165, 1.54) is 0 Å². The molecule has 1 aromatic rings. The summed E-state index contributed by atoms with van der Waals surface area (Å²) in [5, 5.41) is 9.03. The first-order chi connectivity index (χ1) is 9.61. The van der Waals surface area contributed by atoms with Gasteiger partial charge in [-0.3, -0.25) is 9.69 Å². The van der Waals surface area contributed by atoms with Gasteiger partial charge in [-0.1, -0.05) is 0 Å². The van der Waals surface area contributed by atoms with Crippen LogP contribution in [0.2, 0.25) is 0 Å². The van der Waals surface area contributed by atoms with Crippen molar-refractivity contribution in [1.29, 1.82) is 0 Å². The lowest BCUT2D eigenvalue weighted by Gasteiger charge is -2.24. The van der Waals surface area contributed by atoms with Gasteiger partial charge in [-0.15, -0.1) is 0 Å². The smallest absolute Gasteiger partial charge is 0.159 e. The molecule has 0 amide bonds. The van der Waals surface area contributed by atoms with Gasteiger partial charge >= 0.3 is 0 Å². The number of Topliss-reactive ketones (excluding diaryl/α,β-unsaturated/α-hetero) is 1. The van der Waals surface area contributed by atoms with E-state index in [0.717, 1.165) is 54.9 Å². The Morgan fingerprint density at radius 1 is 1.30 bits per heavy atom. The summed E-state index contributed by atoms with van der Waals surface area (Å²) in [5.74, 6) is 0.0854. The van der Waals surface area contributed by atoms with Crippen LogP contribution in [0.1, 0.15) is 23.7 Å². The number of aliphatic hydroxyl groups excluding tert-OH is 1. The maximum Gasteiger partial charge on any atom is 0.159 e. The second-order valence-electron chi connectivity index (χ2n) is 5.13. The van der Waals surface area contributed by atoms with Crippen molar-refractivity contribution in [2.45, 2.75) is 13.3 Å². The van der Waals surface area contributed by atoms with Gasteiger partial charge in [-0.25, -0.2) is 0 Å². The molecule has 0 spiro atoms. The average Bonchev–Trinajstić information content (AvgIpc) is 2.65. The highest BCUT2D eigenvalue weighted by molar-refractivity contribution is 9.10. The second-order valence-corrected chi connectivity index (χ2v) is 5.98. The summed E-state index contributed by atoms with van der Waals surface area (Å²) in [6.45, 7) is 6.48. The maximum absolute atomic E-state index is 11.4. The number of hydrogen-bond acceptors (Lipinski definition) is 4. The van der Waals surface area contributed by atoms with Crippen LogP contribution in [0.5, 0.6) is 0 Å². The van der Waals surface area contributed by atoms with E-state index in [1.54, 1.807) is 6.92 Å². The van der Waals surface area contributed by atoms with Crippen molar-refractivity contribution in [2.75, 3.05) is 44.2 Å². The van der Waals surface area contributed by atoms with Crippen molar-refractivity contribution < 1.29 is 9.90 Å². The summed E-state index contributed by atoms with van der Waals surface area (Å²) in [6, 6.07) is 5.80. The third-order valence-electron chi connectivity index (χ3n) is 3.70. The van der Waals surface area contributed by atoms with E-state index in [4.69, 9.17) is 5.11 Å². The Bertz CT molecular complexity index is 479. The van der Waals surface area contributed by atoms with E-state index in [-0.39, 0.29) is 12.4 Å². The van der Waals surface area contributed by atoms with E-state index >= 15 is 0 Å². The normalized spacial score (nSPS) is 17.1. The van der Waals surface area contributed by atoms with Gasteiger partial charge in [0, 0.05) is 36.2 Å². The zero-order chi connectivity index (χ0) is 14.5. The summed E-state index contributed by atoms with van der Waals surface area (Å²) in [5.41, 5.74) is 1.87. The summed E-state index contributed by atoms with van der Waals surface area (Å²) in [4.78, 5) is 16.0. The molecule has 0 aromatic heterocycles. The maximum atomic E-state index is 11.4. The van der Waals surface area contributed by atoms with Gasteiger partial charge < -0.3 is 10.0 Å². The van der Waals surface area contributed by atoms with Gasteiger partial charge in [-0.2, -0.15) is 0 Å². The minimum Gasteiger partial charge on any atom is -0.395 e. The van der Waals surface area contributed by atoms with Crippen molar-refractivity contribution in [3.8, 4) is 0 Å². The highest BCUT2D eigenvalue weighted by Gasteiger charge is 2.17. The Hall–Kier alpha value is -0.910. The number of β-amino-alcohol motifs (C(OH)–C–C–N with tert-alkyl or cyclic N) is 1. The van der Waals surface area contributed by atoms with Gasteiger partial charge in [-0.05, 0) is 54.0 Å². The zero-order valence-corrected chi connectivity index (χ0v) is 13.4. The van der Waals surface area contributed by atoms with Gasteiger partial charge in [0.25, 0.3) is 0 Å². The SMILES string of the molecule is CC(=O)c1ccc(N2CCCN(CCO)CC2)c(Br)c1. The van der Waals surface area contributed by atoms with E-state index in [0.29, 0.717) is 0 Å². The molecule has 0 radical (unpaired) electrons. The molecular formula is C15H21BrN2O2. The van der Waals surface area contributed by atoms with Gasteiger partial charge in [0.15, 0.2) is 5.78 Å². The largest absolute Gasteiger partial charge is 0.395 e. The fourth-order valence-corrected chi connectivity index (χ4v) is 3.19. The van der Waals surface area contributed by atoms with E-state index in [9.17, 15) is 4.79 Å². The highest BCUT2D eigenvalue weighted by Crippen LogP contribution is 2.28. The minimum absolute atomic E-state index is 0.0854. The number of benzene rings is 1. The molecule has 1 aliphatic heterocycles. The molecule has 110 valence electrons. The lowest BCUT2D eigenvalue weighted by Crippen LogP contribution is -2.32. The van der Waals surface area contributed by atoms with Crippen LogP contribution in [0.4, 0.5) is 5.69 Å². The second kappa shape index (κ2) is 7.20. The molecular weight excluding hydrogens is 320 g/mol. The molecule has 1 fully saturated rings. The van der Waals surface area contributed by atoms with Crippen molar-refractivity contribution in [3.63, 3.8) is 0 Å². The standard InChI is InChI=1S/C15H21BrN2O2/c1-12(20)13-3-4-15(14(16)11-13)18-6-2-5-17(7-8-18)9-10-19/h3-4,11,19H,2,5-10H2,1H3. The Labute approximate surface area is 128 Å². The summed E-state index contributed by atoms with van der Waals surface area (Å²) >= 11 is 3.57. The third kappa shape index (κ3) is 3.81. The summed E-state index contributed by atoms with van der Waals surface area (Å²) < 4.78 is 0.973. The van der Waals surface area contributed by atoms with Gasteiger partial charge in [0.2, 0.25) is 0 Å². The Balaban J connectivity index is 2.09. The highest BCUT2D eigenvalue weighted by atomic mass is 79.9. The van der Waals surface area contributed by atoms with Crippen LogP contribution in [-0.4, -0.2) is 55.1 Å². The minimum atomic E-state index is 0.0854. The van der Waals surface area contributed by atoms with Crippen LogP contribution in [0.25, 0.3) is 0 Å². The van der Waals surface area contributed by atoms with Crippen LogP contribution >= 0.6 is 15.9 Å². The fourth-order valence-electron chi connectivity index (χ4n) is 2.56. The van der Waals surface area contributed by atoms with Crippen LogP contribution in [-0.2, 0) is 0 Å². The van der Waals surface area contributed by atoms with Crippen molar-refractivity contribution in [1.82, 2.24) is 4.90 Å². The molecule has 5 heteroatoms. The average molecular weight is 341 g/mol. The van der Waals surface area contributed by atoms with Crippen LogP contribution in [0, 0.1) is 0 Å². The number of rotatable bonds is 4. The van der Waals surface area contributed by atoms with Crippen LogP contribution in [0.3, 0.4) is 0 Å². The van der Waals surface area contributed by atoms with Crippen molar-refractivity contribution in [2.24, 2.45) is 0 Å². The lowest BCUT2D eigenvalue weighted by atomic mass is 10.1. The van der Waals surface area contributed by atoms with E-state index in [1.807, 2.05) is 18.2 Å². The molecule has 0 saturated carbocycles. The van der Waals surface area contributed by atoms with E-state index < -0.39 is 0 Å². The number of halogens is 1. The Morgan fingerprint density at radius 2 is 2.10 bits per heavy atom. The first-order valence-electron chi connectivity index (χ1n) is 7.00. The molecule has 2 rings (SSSR count). The summed E-state index contributed by atoms with van der Waals surface area (Å²) in [6.07, 6.45) is 1.08. The Kier molecular flexibility index (Phi) is 5.57. The molecule has 1 N–H and O–H groups in total. The first kappa shape index (κ1) is 15.5. The van der Waals surface area contributed by atoms with Crippen LogP contribution < -0.4 is 4.90 Å². The molecule has 1 aromatic carbocycles. The lowest BCUT2D eigenvalue weighted by molar-refractivity contribution is 0.101. The monoisotopic (exact) mass is 340 g/mol. The number of carbonyl (C=O) groups excluding carboxylic acids is 1. The number of hydrogen-bond donors (Lipinski definition) is 1. The molecule has 1 aliphatic rings. The van der Waals surface area contributed by atoms with E-state index in [2.05, 4.69) is 25.7 Å². The quantitative estimate of drug-likeness (QED) is 0.853. The third-order valence-corrected chi connectivity index (χ3v) is 4.33. The molecule has 1 saturated heterocycles. The molecule has 20 heavy (non-hydrogen) atoms. The topological polar surface area (TPSA) is 43.8 Å². The number of anilines is 1. The molecule has 0 unspecified atom stereocenters. The van der Waals surface area contributed by atoms with Gasteiger partial charge in [0.05, 0.1) is 12.3 Å². The number of aliphatic hydroxyl groups is 1. The molecule has 0 aliphatic carbocycles. The summed E-state index contributed by atoms with van der Waals surface area (Å²) in [7, 11) is 0. The van der Waals surface area contributed by atoms with Gasteiger partial charge in [0.1, 0.15) is 0 Å². The predicted molar refractivity (Wildman–Crippen MR) is 84.5 cm³/mol. The molecule has 0 bridgehead atoms. The molecule has 4 nitrogen and oxygen atoms in total. The Morgan fingerprint density at radius 3 is 2.75 bits per heavy atom. The van der Waals surface area contributed by atoms with Crippen molar-refractivity contribution >= 4 is 27.4 Å². The fraction of sp³-hybridized carbons (Fsp3) is 0.533. The van der Waals surface area contributed by atoms with Crippen molar-refractivity contribution in [3.05, 3.63) is 28.2 Å². The molecule has 1 heterocycles.